The van der Waals surface area contributed by atoms with Gasteiger partial charge < -0.3 is 0 Å². The minimum Gasteiger partial charge on any atom is -0.299 e. The highest BCUT2D eigenvalue weighted by molar-refractivity contribution is 5.99. The van der Waals surface area contributed by atoms with Gasteiger partial charge in [0.15, 0.2) is 17.1 Å². The Labute approximate surface area is 301 Å². The molecule has 7 aromatic rings. The van der Waals surface area contributed by atoms with E-state index in [-0.39, 0.29) is 0 Å². The van der Waals surface area contributed by atoms with Crippen molar-refractivity contribution in [3.8, 4) is 5.69 Å². The molecular formula is C39H35ClN8O4. The minimum atomic E-state index is -4.94. The normalized spacial score (nSPS) is 14.0. The molecule has 52 heavy (non-hydrogen) atoms. The molecule has 8 rings (SSSR count). The van der Waals surface area contributed by atoms with E-state index in [0.717, 1.165) is 90.3 Å². The van der Waals surface area contributed by atoms with Gasteiger partial charge in [-0.05, 0) is 101 Å². The Bertz CT molecular complexity index is 2580. The molecule has 0 spiro atoms. The Kier molecular flexibility index (Phi) is 8.95. The van der Waals surface area contributed by atoms with E-state index in [1.165, 1.54) is 0 Å². The second-order valence-corrected chi connectivity index (χ2v) is 13.4. The van der Waals surface area contributed by atoms with E-state index in [2.05, 4.69) is 128 Å². The zero-order valence-electron chi connectivity index (χ0n) is 29.4. The van der Waals surface area contributed by atoms with Crippen molar-refractivity contribution in [3.63, 3.8) is 0 Å². The van der Waals surface area contributed by atoms with Gasteiger partial charge in [0, 0.05) is 29.0 Å². The number of rotatable bonds is 4. The number of hydrogen-bond donors (Lipinski definition) is 0. The van der Waals surface area contributed by atoms with Crippen molar-refractivity contribution in [1.82, 2.24) is 29.2 Å². The Balaban J connectivity index is 0.000000789. The first-order valence-corrected chi connectivity index (χ1v) is 17.7. The lowest BCUT2D eigenvalue weighted by Crippen LogP contribution is -2.68. The second-order valence-electron chi connectivity index (χ2n) is 12.7. The Hall–Kier alpha value is -5.76. The van der Waals surface area contributed by atoms with E-state index < -0.39 is 10.2 Å². The van der Waals surface area contributed by atoms with Crippen LogP contribution in [-0.4, -0.2) is 29.2 Å². The SMILES string of the molecule is CC1=CN(c2ccccc2)c2nn3c(C)cc(C)nc3c2/C1=C/C=C/c1cc(C)[n+](-c2ccccc2)c2nn3c(C)cc(C)nc3c12.[O-][Cl+3]([O-])([O-])[O-]. The van der Waals surface area contributed by atoms with Crippen LogP contribution in [0.1, 0.15) is 46.5 Å². The number of halogens is 1. The van der Waals surface area contributed by atoms with Crippen LogP contribution in [0.5, 0.6) is 0 Å². The summed E-state index contributed by atoms with van der Waals surface area (Å²) in [5.74, 6) is 0.863. The fourth-order valence-electron chi connectivity index (χ4n) is 6.78. The zero-order chi connectivity index (χ0) is 36.9. The summed E-state index contributed by atoms with van der Waals surface area (Å²) in [7, 11) is -4.94. The maximum absolute atomic E-state index is 8.49. The number of aromatic nitrogens is 7. The standard InChI is InChI=1S/C39H35N8.ClHO4/c1-24-23-44(31-15-9-7-10-16-31)38-35(37-41-26(3)21-29(6)47(37)42-38)33(24)19-13-14-30-22-27(4)45(32-17-11-8-12-18-32)39-34(30)36-40-25(2)20-28(5)46(36)43-39;2-1(3,4)5/h7-23H,1-6H3;(H,2,3,4,5)/q+1;/p-1. The number of pyridine rings is 1. The van der Waals surface area contributed by atoms with Gasteiger partial charge >= 0.3 is 5.65 Å². The first-order valence-electron chi connectivity index (χ1n) is 16.5. The van der Waals surface area contributed by atoms with E-state index in [1.807, 2.05) is 35.0 Å². The van der Waals surface area contributed by atoms with E-state index in [1.54, 1.807) is 0 Å². The van der Waals surface area contributed by atoms with Gasteiger partial charge in [-0.15, -0.1) is 19.9 Å². The van der Waals surface area contributed by atoms with Crippen LogP contribution in [0.15, 0.2) is 103 Å². The van der Waals surface area contributed by atoms with Gasteiger partial charge in [0.05, 0.1) is 16.4 Å². The number of benzene rings is 2. The molecule has 6 heterocycles. The van der Waals surface area contributed by atoms with E-state index in [0.29, 0.717) is 0 Å². The summed E-state index contributed by atoms with van der Waals surface area (Å²) >= 11 is 0. The topological polar surface area (TPSA) is 160 Å². The second kappa shape index (κ2) is 13.4. The summed E-state index contributed by atoms with van der Waals surface area (Å²) in [6.07, 6.45) is 8.66. The lowest BCUT2D eigenvalue weighted by molar-refractivity contribution is -2.00. The summed E-state index contributed by atoms with van der Waals surface area (Å²) < 4.78 is 40.1. The minimum absolute atomic E-state index is 0.849. The quantitative estimate of drug-likeness (QED) is 0.250. The molecule has 0 bridgehead atoms. The van der Waals surface area contributed by atoms with Crippen LogP contribution < -0.4 is 28.1 Å². The number of hydrogen-bond acceptors (Lipinski definition) is 9. The van der Waals surface area contributed by atoms with Crippen LogP contribution in [0, 0.1) is 44.9 Å². The largest absolute Gasteiger partial charge is 0.365 e. The molecule has 0 atom stereocenters. The molecule has 0 unspecified atom stereocenters. The van der Waals surface area contributed by atoms with Gasteiger partial charge in [0.1, 0.15) is 16.8 Å². The lowest BCUT2D eigenvalue weighted by atomic mass is 9.96. The number of para-hydroxylation sites is 2. The van der Waals surface area contributed by atoms with Crippen molar-refractivity contribution >= 4 is 45.5 Å². The molecular weight excluding hydrogens is 680 g/mol. The van der Waals surface area contributed by atoms with Gasteiger partial charge in [-0.1, -0.05) is 54.6 Å². The molecule has 0 amide bonds. The fraction of sp³-hybridized carbons (Fsp3) is 0.154. The lowest BCUT2D eigenvalue weighted by Gasteiger charge is -2.26. The third-order valence-electron chi connectivity index (χ3n) is 8.80. The van der Waals surface area contributed by atoms with Gasteiger partial charge in [-0.2, -0.15) is 4.57 Å². The summed E-state index contributed by atoms with van der Waals surface area (Å²) in [5, 5.41) is 11.2. The summed E-state index contributed by atoms with van der Waals surface area (Å²) in [6, 6.07) is 27.1. The number of anilines is 2. The third-order valence-corrected chi connectivity index (χ3v) is 8.80. The van der Waals surface area contributed by atoms with E-state index in [4.69, 9.17) is 38.8 Å². The number of allylic oxidation sites excluding steroid dienone is 4. The molecule has 1 aliphatic heterocycles. The van der Waals surface area contributed by atoms with Crippen molar-refractivity contribution in [2.75, 3.05) is 4.90 Å². The average molecular weight is 715 g/mol. The molecule has 0 saturated heterocycles. The Morgan fingerprint density at radius 3 is 1.92 bits per heavy atom. The molecule has 0 saturated carbocycles. The van der Waals surface area contributed by atoms with Crippen LogP contribution in [0.4, 0.5) is 11.5 Å². The van der Waals surface area contributed by atoms with E-state index in [9.17, 15) is 0 Å². The van der Waals surface area contributed by atoms with Gasteiger partial charge in [-0.3, -0.25) is 4.90 Å². The summed E-state index contributed by atoms with van der Waals surface area (Å²) in [4.78, 5) is 12.1. The van der Waals surface area contributed by atoms with Crippen LogP contribution in [0.2, 0.25) is 0 Å². The van der Waals surface area contributed by atoms with Gasteiger partial charge in [-0.25, -0.2) is 33.1 Å². The number of aryl methyl sites for hydroxylation is 5. The highest BCUT2D eigenvalue weighted by atomic mass is 35.7. The van der Waals surface area contributed by atoms with Crippen LogP contribution in [-0.2, 0) is 0 Å². The average Bonchev–Trinajstić information content (AvgIpc) is 3.65. The molecule has 0 N–H and O–H groups in total. The number of nitrogens with zero attached hydrogens (tertiary/aromatic N) is 8. The van der Waals surface area contributed by atoms with Crippen molar-refractivity contribution in [2.24, 2.45) is 0 Å². The number of fused-ring (bicyclic) bond motifs is 6. The Morgan fingerprint density at radius 2 is 1.29 bits per heavy atom. The smallest absolute Gasteiger partial charge is 0.299 e. The fourth-order valence-corrected chi connectivity index (χ4v) is 6.78. The van der Waals surface area contributed by atoms with Gasteiger partial charge in [0.25, 0.3) is 0 Å². The van der Waals surface area contributed by atoms with Crippen molar-refractivity contribution in [1.29, 1.82) is 0 Å². The van der Waals surface area contributed by atoms with Crippen molar-refractivity contribution in [3.05, 3.63) is 142 Å². The molecule has 2 aromatic carbocycles. The molecule has 1 aliphatic rings. The molecule has 0 aliphatic carbocycles. The predicted molar refractivity (Wildman–Crippen MR) is 188 cm³/mol. The van der Waals surface area contributed by atoms with Crippen LogP contribution in [0.25, 0.3) is 39.7 Å². The maximum Gasteiger partial charge on any atom is 0.365 e. The van der Waals surface area contributed by atoms with Crippen LogP contribution in [0.3, 0.4) is 0 Å². The first kappa shape index (κ1) is 34.7. The third kappa shape index (κ3) is 6.57. The highest BCUT2D eigenvalue weighted by Gasteiger charge is 2.29. The molecule has 0 fully saturated rings. The van der Waals surface area contributed by atoms with Crippen molar-refractivity contribution < 1.29 is 33.4 Å². The summed E-state index contributed by atoms with van der Waals surface area (Å²) in [6.45, 7) is 12.5. The predicted octanol–water partition coefficient (Wildman–Crippen LogP) is 3.14. The Morgan fingerprint density at radius 1 is 0.712 bits per heavy atom. The summed E-state index contributed by atoms with van der Waals surface area (Å²) in [5.41, 5.74) is 14.1. The molecule has 262 valence electrons. The van der Waals surface area contributed by atoms with E-state index >= 15 is 0 Å². The molecule has 13 heteroatoms. The zero-order valence-corrected chi connectivity index (χ0v) is 30.2. The van der Waals surface area contributed by atoms with Crippen LogP contribution >= 0.6 is 0 Å². The first-order chi connectivity index (χ1) is 24.8. The van der Waals surface area contributed by atoms with Crippen molar-refractivity contribution in [2.45, 2.75) is 41.5 Å². The molecule has 5 aromatic heterocycles. The highest BCUT2D eigenvalue weighted by Crippen LogP contribution is 2.42. The molecule has 0 radical (unpaired) electrons. The maximum atomic E-state index is 8.49. The monoisotopic (exact) mass is 714 g/mol. The van der Waals surface area contributed by atoms with Gasteiger partial charge in [0.2, 0.25) is 0 Å². The molecule has 12 nitrogen and oxygen atoms in total.